The van der Waals surface area contributed by atoms with Gasteiger partial charge in [0.2, 0.25) is 23.6 Å². The number of primary amides is 1. The van der Waals surface area contributed by atoms with Crippen LogP contribution in [-0.2, 0) is 30.5 Å². The van der Waals surface area contributed by atoms with Crippen molar-refractivity contribution >= 4 is 51.4 Å². The fourth-order valence-corrected chi connectivity index (χ4v) is 4.78. The number of carbonyl (C=O) groups is 5. The second-order valence-corrected chi connectivity index (χ2v) is 11.8. The summed E-state index contributed by atoms with van der Waals surface area (Å²) in [5.74, 6) is -3.40. The molecule has 0 atom stereocenters. The van der Waals surface area contributed by atoms with Crippen molar-refractivity contribution in [1.29, 1.82) is 0 Å². The molecule has 45 heavy (non-hydrogen) atoms. The van der Waals surface area contributed by atoms with Gasteiger partial charge in [0.1, 0.15) is 24.5 Å². The predicted molar refractivity (Wildman–Crippen MR) is 163 cm³/mol. The van der Waals surface area contributed by atoms with Crippen molar-refractivity contribution < 1.29 is 33.1 Å². The Bertz CT molecular complexity index is 1800. The Morgan fingerprint density at radius 1 is 0.978 bits per heavy atom. The first kappa shape index (κ1) is 32.8. The number of hydrogen-bond donors (Lipinski definition) is 3. The number of halogens is 1. The first-order chi connectivity index (χ1) is 21.1. The van der Waals surface area contributed by atoms with E-state index in [1.807, 2.05) is 13.8 Å². The maximum absolute atomic E-state index is 15.6. The summed E-state index contributed by atoms with van der Waals surface area (Å²) in [6, 6.07) is 8.01. The lowest BCUT2D eigenvalue weighted by molar-refractivity contribution is -0.154. The second-order valence-electron chi connectivity index (χ2n) is 11.8. The van der Waals surface area contributed by atoms with E-state index < -0.39 is 41.0 Å². The summed E-state index contributed by atoms with van der Waals surface area (Å²) in [5, 5.41) is 14.7. The maximum Gasteiger partial charge on any atom is 0.325 e. The van der Waals surface area contributed by atoms with E-state index in [2.05, 4.69) is 20.8 Å². The molecule has 0 spiro atoms. The highest BCUT2D eigenvalue weighted by Crippen LogP contribution is 2.37. The highest BCUT2D eigenvalue weighted by atomic mass is 19.1. The van der Waals surface area contributed by atoms with Gasteiger partial charge in [0.05, 0.1) is 29.5 Å². The molecule has 0 saturated heterocycles. The number of amides is 3. The molecule has 4 rings (SSSR count). The average Bonchev–Trinajstić information content (AvgIpc) is 3.53. The van der Waals surface area contributed by atoms with E-state index in [1.54, 1.807) is 39.0 Å². The molecule has 2 aromatic heterocycles. The van der Waals surface area contributed by atoms with Crippen molar-refractivity contribution in [3.8, 4) is 11.1 Å². The number of aromatic nitrogens is 4. The van der Waals surface area contributed by atoms with Gasteiger partial charge in [0.25, 0.3) is 0 Å². The summed E-state index contributed by atoms with van der Waals surface area (Å²) in [6.45, 7) is 8.06. The lowest BCUT2D eigenvalue weighted by Gasteiger charge is -2.19. The van der Waals surface area contributed by atoms with Crippen molar-refractivity contribution in [3.63, 3.8) is 0 Å². The normalized spacial score (nSPS) is 11.6. The minimum atomic E-state index is -0.690. The zero-order chi connectivity index (χ0) is 33.1. The van der Waals surface area contributed by atoms with Crippen LogP contribution in [0.25, 0.3) is 32.9 Å². The van der Waals surface area contributed by atoms with Crippen molar-refractivity contribution in [3.05, 3.63) is 48.0 Å². The molecule has 13 nitrogen and oxygen atoms in total. The van der Waals surface area contributed by atoms with E-state index >= 15 is 4.39 Å². The first-order valence-electron chi connectivity index (χ1n) is 14.4. The van der Waals surface area contributed by atoms with E-state index in [9.17, 15) is 24.0 Å². The van der Waals surface area contributed by atoms with E-state index in [0.717, 1.165) is 4.68 Å². The van der Waals surface area contributed by atoms with Crippen LogP contribution in [0, 0.1) is 5.82 Å². The molecule has 0 fully saturated rings. The van der Waals surface area contributed by atoms with Crippen LogP contribution in [-0.4, -0.2) is 67.8 Å². The Morgan fingerprint density at radius 3 is 2.36 bits per heavy atom. The van der Waals surface area contributed by atoms with E-state index in [4.69, 9.17) is 10.5 Å². The SMILES string of the molecule is CC(C)c1nn(CC(=O)NCC(=O)NCC(=O)OC(C)(C)C)c2cccc(-c3cc4c(cnn4C(=O)CCC(N)=O)cc3F)c12. The number of nitrogens with one attached hydrogen (secondary N) is 2. The van der Waals surface area contributed by atoms with Gasteiger partial charge in [0, 0.05) is 29.2 Å². The van der Waals surface area contributed by atoms with Crippen molar-refractivity contribution in [2.24, 2.45) is 5.73 Å². The average molecular weight is 622 g/mol. The zero-order valence-corrected chi connectivity index (χ0v) is 25.8. The van der Waals surface area contributed by atoms with Crippen LogP contribution in [0.3, 0.4) is 0 Å². The lowest BCUT2D eigenvalue weighted by atomic mass is 9.95. The Balaban J connectivity index is 1.59. The van der Waals surface area contributed by atoms with Crippen LogP contribution in [0.15, 0.2) is 36.5 Å². The van der Waals surface area contributed by atoms with E-state index in [1.165, 1.54) is 23.0 Å². The second kappa shape index (κ2) is 13.2. The molecule has 0 aliphatic rings. The Kier molecular flexibility index (Phi) is 9.64. The summed E-state index contributed by atoms with van der Waals surface area (Å²) in [4.78, 5) is 60.7. The number of benzene rings is 2. The molecule has 0 bridgehead atoms. The van der Waals surface area contributed by atoms with Crippen molar-refractivity contribution in [2.75, 3.05) is 13.1 Å². The standard InChI is InChI=1S/C31H36FN7O6/c1-17(2)30-29-19(20-12-23-18(11-21(20)32)13-36-39(23)27(43)10-9-24(33)40)7-6-8-22(29)38(37-30)16-26(42)34-14-25(41)35-15-28(44)45-31(3,4)5/h6-8,11-13,17H,9-10,14-16H2,1-5H3,(H2,33,40)(H,34,42)(H,35,41). The fourth-order valence-electron chi connectivity index (χ4n) is 4.78. The number of hydrogen-bond acceptors (Lipinski definition) is 8. The molecule has 0 saturated carbocycles. The zero-order valence-electron chi connectivity index (χ0n) is 25.8. The van der Waals surface area contributed by atoms with Crippen LogP contribution in [0.4, 0.5) is 4.39 Å². The first-order valence-corrected chi connectivity index (χ1v) is 14.4. The molecule has 2 aromatic carbocycles. The quantitative estimate of drug-likeness (QED) is 0.214. The molecule has 4 aromatic rings. The lowest BCUT2D eigenvalue weighted by Crippen LogP contribution is -2.41. The van der Waals surface area contributed by atoms with Gasteiger partial charge in [-0.05, 0) is 50.5 Å². The van der Waals surface area contributed by atoms with Gasteiger partial charge in [-0.2, -0.15) is 10.2 Å². The minimum absolute atomic E-state index is 0.107. The van der Waals surface area contributed by atoms with Gasteiger partial charge in [-0.15, -0.1) is 0 Å². The number of nitrogens with zero attached hydrogens (tertiary/aromatic N) is 4. The summed E-state index contributed by atoms with van der Waals surface area (Å²) in [5.41, 5.74) is 6.74. The van der Waals surface area contributed by atoms with Gasteiger partial charge in [-0.1, -0.05) is 26.0 Å². The van der Waals surface area contributed by atoms with Gasteiger partial charge < -0.3 is 21.1 Å². The summed E-state index contributed by atoms with van der Waals surface area (Å²) in [6.07, 6.45) is 1.08. The Labute approximate surface area is 258 Å². The highest BCUT2D eigenvalue weighted by Gasteiger charge is 2.23. The molecular formula is C31H36FN7O6. The number of ether oxygens (including phenoxy) is 1. The molecule has 0 aliphatic heterocycles. The Morgan fingerprint density at radius 2 is 1.69 bits per heavy atom. The third-order valence-corrected chi connectivity index (χ3v) is 6.71. The molecule has 0 unspecified atom stereocenters. The largest absolute Gasteiger partial charge is 0.459 e. The molecule has 0 radical (unpaired) electrons. The number of carbonyl (C=O) groups excluding carboxylic acids is 5. The molecule has 14 heteroatoms. The topological polar surface area (TPSA) is 180 Å². The van der Waals surface area contributed by atoms with Crippen molar-refractivity contribution in [1.82, 2.24) is 30.2 Å². The molecule has 2 heterocycles. The van der Waals surface area contributed by atoms with Gasteiger partial charge in [-0.3, -0.25) is 28.7 Å². The third kappa shape index (κ3) is 7.88. The Hall–Kier alpha value is -5.14. The number of nitrogens with two attached hydrogens (primary N) is 1. The minimum Gasteiger partial charge on any atom is -0.459 e. The van der Waals surface area contributed by atoms with E-state index in [0.29, 0.717) is 33.1 Å². The monoisotopic (exact) mass is 621 g/mol. The third-order valence-electron chi connectivity index (χ3n) is 6.71. The fraction of sp³-hybridized carbons (Fsp3) is 0.387. The van der Waals surface area contributed by atoms with Crippen LogP contribution in [0.1, 0.15) is 63.9 Å². The predicted octanol–water partition coefficient (Wildman–Crippen LogP) is 2.80. The molecular weight excluding hydrogens is 585 g/mol. The van der Waals surface area contributed by atoms with Gasteiger partial charge in [-0.25, -0.2) is 9.07 Å². The van der Waals surface area contributed by atoms with E-state index in [-0.39, 0.29) is 44.0 Å². The molecule has 0 aliphatic carbocycles. The number of fused-ring (bicyclic) bond motifs is 2. The molecule has 238 valence electrons. The molecule has 4 N–H and O–H groups in total. The van der Waals surface area contributed by atoms with Crippen LogP contribution in [0.5, 0.6) is 0 Å². The van der Waals surface area contributed by atoms with Crippen LogP contribution >= 0.6 is 0 Å². The van der Waals surface area contributed by atoms with Crippen LogP contribution in [0.2, 0.25) is 0 Å². The maximum atomic E-state index is 15.6. The summed E-state index contributed by atoms with van der Waals surface area (Å²) >= 11 is 0. The summed E-state index contributed by atoms with van der Waals surface area (Å²) in [7, 11) is 0. The van der Waals surface area contributed by atoms with Crippen LogP contribution < -0.4 is 16.4 Å². The van der Waals surface area contributed by atoms with Gasteiger partial charge in [0.15, 0.2) is 0 Å². The van der Waals surface area contributed by atoms with Gasteiger partial charge >= 0.3 is 5.97 Å². The highest BCUT2D eigenvalue weighted by molar-refractivity contribution is 6.01. The molecule has 3 amide bonds. The number of esters is 1. The van der Waals surface area contributed by atoms with Crippen molar-refractivity contribution in [2.45, 2.75) is 65.5 Å². The smallest absolute Gasteiger partial charge is 0.325 e. The summed E-state index contributed by atoms with van der Waals surface area (Å²) < 4.78 is 23.3. The number of rotatable bonds is 11.